The number of nitrogens with one attached hydrogen (secondary N) is 1. The Bertz CT molecular complexity index is 598. The normalized spacial score (nSPS) is 10.8. The molecule has 1 aromatic heterocycles. The van der Waals surface area contributed by atoms with Gasteiger partial charge < -0.3 is 10.1 Å². The molecule has 19 heavy (non-hydrogen) atoms. The average molecular weight is 328 g/mol. The Hall–Kier alpha value is -1.40. The molecule has 0 atom stereocenters. The summed E-state index contributed by atoms with van der Waals surface area (Å²) in [4.78, 5) is 0. The third-order valence-electron chi connectivity index (χ3n) is 2.74. The Balaban J connectivity index is 2.40. The largest absolute Gasteiger partial charge is 0.438 e. The van der Waals surface area contributed by atoms with Crippen LogP contribution >= 0.6 is 15.9 Å². The van der Waals surface area contributed by atoms with Crippen molar-refractivity contribution in [3.8, 4) is 11.6 Å². The van der Waals surface area contributed by atoms with Gasteiger partial charge >= 0.3 is 0 Å². The summed E-state index contributed by atoms with van der Waals surface area (Å²) in [7, 11) is 3.66. The summed E-state index contributed by atoms with van der Waals surface area (Å²) in [5, 5.41) is 7.39. The van der Waals surface area contributed by atoms with Crippen molar-refractivity contribution in [2.45, 2.75) is 13.5 Å². The molecule has 2 rings (SSSR count). The number of nitrogens with zero attached hydrogens (tertiary/aromatic N) is 2. The number of hydrogen-bond donors (Lipinski definition) is 1. The van der Waals surface area contributed by atoms with Crippen molar-refractivity contribution in [2.75, 3.05) is 7.05 Å². The number of aromatic nitrogens is 2. The van der Waals surface area contributed by atoms with E-state index in [0.717, 1.165) is 11.3 Å². The van der Waals surface area contributed by atoms with Crippen molar-refractivity contribution in [3.63, 3.8) is 0 Å². The van der Waals surface area contributed by atoms with E-state index in [-0.39, 0.29) is 5.82 Å². The summed E-state index contributed by atoms with van der Waals surface area (Å²) >= 11 is 3.35. The fourth-order valence-electron chi connectivity index (χ4n) is 1.85. The molecule has 1 heterocycles. The van der Waals surface area contributed by atoms with Crippen LogP contribution in [-0.4, -0.2) is 16.8 Å². The maximum Gasteiger partial charge on any atom is 0.222 e. The first-order chi connectivity index (χ1) is 9.02. The average Bonchev–Trinajstić information content (AvgIpc) is 2.61. The highest BCUT2D eigenvalue weighted by atomic mass is 79.9. The van der Waals surface area contributed by atoms with E-state index in [9.17, 15) is 4.39 Å². The molecule has 0 radical (unpaired) electrons. The number of aryl methyl sites for hydroxylation is 2. The van der Waals surface area contributed by atoms with Gasteiger partial charge in [0.25, 0.3) is 0 Å². The zero-order valence-corrected chi connectivity index (χ0v) is 12.6. The second kappa shape index (κ2) is 5.71. The number of halogens is 2. The predicted octanol–water partition coefficient (Wildman–Crippen LogP) is 3.14. The Labute approximate surface area is 119 Å². The van der Waals surface area contributed by atoms with E-state index in [1.54, 1.807) is 17.8 Å². The zero-order chi connectivity index (χ0) is 14.0. The first-order valence-electron chi connectivity index (χ1n) is 5.83. The third kappa shape index (κ3) is 2.96. The Kier molecular flexibility index (Phi) is 4.21. The predicted molar refractivity (Wildman–Crippen MR) is 74.9 cm³/mol. The van der Waals surface area contributed by atoms with Gasteiger partial charge in [-0.05, 0) is 42.0 Å². The van der Waals surface area contributed by atoms with Crippen molar-refractivity contribution < 1.29 is 9.13 Å². The van der Waals surface area contributed by atoms with Crippen LogP contribution in [0.4, 0.5) is 4.39 Å². The van der Waals surface area contributed by atoms with E-state index in [0.29, 0.717) is 22.6 Å². The van der Waals surface area contributed by atoms with E-state index in [1.807, 2.05) is 14.0 Å². The lowest BCUT2D eigenvalue weighted by molar-refractivity contribution is 0.419. The molecule has 0 spiro atoms. The fourth-order valence-corrected chi connectivity index (χ4v) is 2.18. The summed E-state index contributed by atoms with van der Waals surface area (Å²) < 4.78 is 21.4. The Morgan fingerprint density at radius 2 is 2.21 bits per heavy atom. The van der Waals surface area contributed by atoms with Gasteiger partial charge in [0.05, 0.1) is 15.7 Å². The molecule has 0 bridgehead atoms. The molecule has 0 aliphatic carbocycles. The lowest BCUT2D eigenvalue weighted by Crippen LogP contribution is -2.07. The standard InChI is InChI=1S/C13H15BrFN3O/c1-8-10(7-16-2)13(18(3)17-8)19-12-6-9(15)4-5-11(12)14/h4-6,16H,7H2,1-3H3. The zero-order valence-electron chi connectivity index (χ0n) is 11.0. The van der Waals surface area contributed by atoms with Crippen molar-refractivity contribution in [3.05, 3.63) is 39.7 Å². The van der Waals surface area contributed by atoms with E-state index in [1.165, 1.54) is 12.1 Å². The van der Waals surface area contributed by atoms with Crippen LogP contribution in [-0.2, 0) is 13.6 Å². The highest BCUT2D eigenvalue weighted by molar-refractivity contribution is 9.10. The highest BCUT2D eigenvalue weighted by Gasteiger charge is 2.16. The SMILES string of the molecule is CNCc1c(C)nn(C)c1Oc1cc(F)ccc1Br. The molecule has 0 saturated heterocycles. The summed E-state index contributed by atoms with van der Waals surface area (Å²) in [6, 6.07) is 4.33. The molecule has 0 aliphatic heterocycles. The smallest absolute Gasteiger partial charge is 0.222 e. The quantitative estimate of drug-likeness (QED) is 0.937. The van der Waals surface area contributed by atoms with Crippen LogP contribution < -0.4 is 10.1 Å². The van der Waals surface area contributed by atoms with Gasteiger partial charge in [0, 0.05) is 19.7 Å². The van der Waals surface area contributed by atoms with Gasteiger partial charge in [-0.2, -0.15) is 5.10 Å². The van der Waals surface area contributed by atoms with Crippen LogP contribution in [0.25, 0.3) is 0 Å². The van der Waals surface area contributed by atoms with Gasteiger partial charge in [-0.15, -0.1) is 0 Å². The molecule has 102 valence electrons. The number of hydrogen-bond acceptors (Lipinski definition) is 3. The first kappa shape index (κ1) is 14.0. The van der Waals surface area contributed by atoms with Crippen molar-refractivity contribution >= 4 is 15.9 Å². The van der Waals surface area contributed by atoms with Crippen LogP contribution in [0.1, 0.15) is 11.3 Å². The molecule has 6 heteroatoms. The van der Waals surface area contributed by atoms with Gasteiger partial charge in [0.2, 0.25) is 5.88 Å². The number of benzene rings is 1. The molecule has 1 N–H and O–H groups in total. The van der Waals surface area contributed by atoms with Crippen LogP contribution in [0.5, 0.6) is 11.6 Å². The molecule has 0 amide bonds. The van der Waals surface area contributed by atoms with Crippen LogP contribution in [0.3, 0.4) is 0 Å². The van der Waals surface area contributed by atoms with Crippen LogP contribution in [0, 0.1) is 12.7 Å². The first-order valence-corrected chi connectivity index (χ1v) is 6.62. The molecule has 1 aromatic carbocycles. The summed E-state index contributed by atoms with van der Waals surface area (Å²) in [6.07, 6.45) is 0. The molecule has 0 aliphatic rings. The molecule has 4 nitrogen and oxygen atoms in total. The van der Waals surface area contributed by atoms with Gasteiger partial charge in [-0.3, -0.25) is 0 Å². The van der Waals surface area contributed by atoms with Crippen LogP contribution in [0.15, 0.2) is 22.7 Å². The topological polar surface area (TPSA) is 39.1 Å². The Morgan fingerprint density at radius 3 is 2.89 bits per heavy atom. The second-order valence-corrected chi connectivity index (χ2v) is 5.05. The van der Waals surface area contributed by atoms with E-state index < -0.39 is 0 Å². The summed E-state index contributed by atoms with van der Waals surface area (Å²) in [5.74, 6) is 0.700. The molecule has 0 fully saturated rings. The maximum absolute atomic E-state index is 13.3. The number of rotatable bonds is 4. The maximum atomic E-state index is 13.3. The molecule has 2 aromatic rings. The monoisotopic (exact) mass is 327 g/mol. The Morgan fingerprint density at radius 1 is 1.47 bits per heavy atom. The van der Waals surface area contributed by atoms with Gasteiger partial charge in [0.15, 0.2) is 0 Å². The molecular formula is C13H15BrFN3O. The van der Waals surface area contributed by atoms with Gasteiger partial charge in [-0.25, -0.2) is 9.07 Å². The van der Waals surface area contributed by atoms with E-state index >= 15 is 0 Å². The van der Waals surface area contributed by atoms with Gasteiger partial charge in [-0.1, -0.05) is 0 Å². The van der Waals surface area contributed by atoms with E-state index in [4.69, 9.17) is 4.74 Å². The number of ether oxygens (including phenoxy) is 1. The molecule has 0 unspecified atom stereocenters. The third-order valence-corrected chi connectivity index (χ3v) is 3.40. The minimum Gasteiger partial charge on any atom is -0.438 e. The van der Waals surface area contributed by atoms with Crippen molar-refractivity contribution in [1.29, 1.82) is 0 Å². The minimum absolute atomic E-state index is 0.341. The van der Waals surface area contributed by atoms with Crippen molar-refractivity contribution in [2.24, 2.45) is 7.05 Å². The summed E-state index contributed by atoms with van der Waals surface area (Å²) in [6.45, 7) is 2.56. The molecular weight excluding hydrogens is 313 g/mol. The van der Waals surface area contributed by atoms with Crippen molar-refractivity contribution in [1.82, 2.24) is 15.1 Å². The summed E-state index contributed by atoms with van der Waals surface area (Å²) in [5.41, 5.74) is 1.85. The van der Waals surface area contributed by atoms with Crippen LogP contribution in [0.2, 0.25) is 0 Å². The fraction of sp³-hybridized carbons (Fsp3) is 0.308. The van der Waals surface area contributed by atoms with E-state index in [2.05, 4.69) is 26.3 Å². The lowest BCUT2D eigenvalue weighted by Gasteiger charge is -2.10. The highest BCUT2D eigenvalue weighted by Crippen LogP contribution is 2.32. The molecule has 0 saturated carbocycles. The minimum atomic E-state index is -0.341. The van der Waals surface area contributed by atoms with Gasteiger partial charge in [0.1, 0.15) is 11.6 Å². The second-order valence-electron chi connectivity index (χ2n) is 4.20. The lowest BCUT2D eigenvalue weighted by atomic mass is 10.2.